The van der Waals surface area contributed by atoms with Gasteiger partial charge in [-0.1, -0.05) is 13.2 Å². The second-order valence-corrected chi connectivity index (χ2v) is 5.24. The molecule has 4 nitrogen and oxygen atoms in total. The Hall–Kier alpha value is -0.640. The minimum absolute atomic E-state index is 0.174. The van der Waals surface area contributed by atoms with Crippen LogP contribution in [0.1, 0.15) is 0 Å². The first kappa shape index (κ1) is 13.4. The summed E-state index contributed by atoms with van der Waals surface area (Å²) in [5, 5.41) is 1.11. The molecular weight excluding hydrogens is 284 g/mol. The molecule has 16 heavy (non-hydrogen) atoms. The fourth-order valence-corrected chi connectivity index (χ4v) is 3.63. The predicted molar refractivity (Wildman–Crippen MR) is 65.7 cm³/mol. The third-order valence-electron chi connectivity index (χ3n) is 1.96. The van der Waals surface area contributed by atoms with Gasteiger partial charge in [-0.2, -0.15) is 0 Å². The molecule has 1 aromatic carbocycles. The van der Waals surface area contributed by atoms with E-state index in [2.05, 4.69) is 13.2 Å². The highest BCUT2D eigenvalue weighted by atomic mass is 31.1. The molecule has 1 aromatic rings. The van der Waals surface area contributed by atoms with Crippen LogP contribution in [-0.4, -0.2) is 0 Å². The van der Waals surface area contributed by atoms with E-state index in [0.717, 1.165) is 0 Å². The zero-order valence-electron chi connectivity index (χ0n) is 7.84. The van der Waals surface area contributed by atoms with Gasteiger partial charge in [-0.05, 0) is 10.4 Å². The maximum absolute atomic E-state index is 10.9. The number of benzene rings is 1. The Bertz CT molecular complexity index is 495. The number of hydrogen-bond donors (Lipinski definition) is 0. The van der Waals surface area contributed by atoms with Crippen molar-refractivity contribution in [1.29, 1.82) is 0 Å². The van der Waals surface area contributed by atoms with Gasteiger partial charge in [0.2, 0.25) is 0 Å². The molecule has 0 N–H and O–H groups in total. The molecule has 0 spiro atoms. The normalized spacial score (nSPS) is 11.5. The summed E-state index contributed by atoms with van der Waals surface area (Å²) in [6.07, 6.45) is 0. The summed E-state index contributed by atoms with van der Waals surface area (Å²) in [4.78, 5) is 0. The molecule has 0 amide bonds. The number of hydrogen-bond acceptors (Lipinski definition) is 4. The van der Waals surface area contributed by atoms with Gasteiger partial charge in [0.15, 0.2) is 33.8 Å². The van der Waals surface area contributed by atoms with Crippen molar-refractivity contribution in [2.75, 3.05) is 0 Å². The van der Waals surface area contributed by atoms with Crippen LogP contribution in [0.15, 0.2) is 0 Å². The molecule has 0 aliphatic carbocycles. The topological polar surface area (TPSA) is 68.3 Å². The molecule has 0 aliphatic heterocycles. The molecule has 8 heteroatoms. The Morgan fingerprint density at radius 1 is 0.562 bits per heavy atom. The molecule has 0 fully saturated rings. The molecular formula is C8H4O4P4. The molecule has 0 atom stereocenters. The molecule has 0 saturated heterocycles. The highest BCUT2D eigenvalue weighted by Crippen LogP contribution is 1.98. The maximum atomic E-state index is 10.9. The molecule has 0 bridgehead atoms. The lowest BCUT2D eigenvalue weighted by Gasteiger charge is -2.02. The van der Waals surface area contributed by atoms with Crippen LogP contribution in [0.25, 0.3) is 13.2 Å². The monoisotopic (exact) mass is 288 g/mol. The summed E-state index contributed by atoms with van der Waals surface area (Å²) < 4.78 is 43.7. The quantitative estimate of drug-likeness (QED) is 0.741. The van der Waals surface area contributed by atoms with Crippen molar-refractivity contribution in [3.05, 3.63) is 10.4 Å². The zero-order valence-corrected chi connectivity index (χ0v) is 11.4. The highest BCUT2D eigenvalue weighted by Gasteiger charge is 2.16. The van der Waals surface area contributed by atoms with Crippen LogP contribution in [0, 0.1) is 0 Å². The molecule has 0 aliphatic rings. The fourth-order valence-electron chi connectivity index (χ4n) is 1.19. The van der Waals surface area contributed by atoms with E-state index in [-0.39, 0.29) is 65.5 Å². The third kappa shape index (κ3) is 2.08. The summed E-state index contributed by atoms with van der Waals surface area (Å²) in [6, 6.07) is 0. The second kappa shape index (κ2) is 5.62. The van der Waals surface area contributed by atoms with E-state index < -0.39 is 0 Å². The standard InChI is InChI=1S/C8H4O4P4/c1-3-5(13-9)7(15-11)4(2)8(16-12)6(3)14-10/h1-2H2. The first-order valence-electron chi connectivity index (χ1n) is 3.83. The lowest BCUT2D eigenvalue weighted by Crippen LogP contribution is -2.54. The van der Waals surface area contributed by atoms with Crippen molar-refractivity contribution in [1.82, 2.24) is 0 Å². The average molecular weight is 288 g/mol. The van der Waals surface area contributed by atoms with Crippen LogP contribution >= 0.6 is 33.8 Å². The van der Waals surface area contributed by atoms with E-state index in [9.17, 15) is 18.3 Å². The van der Waals surface area contributed by atoms with Crippen LogP contribution in [0.5, 0.6) is 0 Å². The Morgan fingerprint density at radius 3 is 0.875 bits per heavy atom. The van der Waals surface area contributed by atoms with Gasteiger partial charge in [0.05, 0.1) is 21.2 Å². The smallest absolute Gasteiger partial charge is 0.194 e. The summed E-state index contributed by atoms with van der Waals surface area (Å²) in [7, 11) is -1.56. The Labute approximate surface area is 97.3 Å². The lowest BCUT2D eigenvalue weighted by atomic mass is 10.2. The Balaban J connectivity index is 4.05. The molecule has 80 valence electrons. The predicted octanol–water partition coefficient (Wildman–Crippen LogP) is 0.175. The first-order valence-corrected chi connectivity index (χ1v) is 7.08. The minimum atomic E-state index is -0.389. The highest BCUT2D eigenvalue weighted by molar-refractivity contribution is 7.44. The van der Waals surface area contributed by atoms with Gasteiger partial charge in [-0.3, -0.25) is 18.3 Å². The van der Waals surface area contributed by atoms with E-state index in [1.807, 2.05) is 0 Å². The Morgan fingerprint density at radius 2 is 0.750 bits per heavy atom. The molecule has 0 radical (unpaired) electrons. The van der Waals surface area contributed by atoms with Gasteiger partial charge in [0.25, 0.3) is 0 Å². The lowest BCUT2D eigenvalue weighted by molar-refractivity contribution is 0.600. The van der Waals surface area contributed by atoms with Crippen molar-refractivity contribution < 1.29 is 18.3 Å². The van der Waals surface area contributed by atoms with Crippen molar-refractivity contribution in [3.63, 3.8) is 0 Å². The van der Waals surface area contributed by atoms with Gasteiger partial charge < -0.3 is 0 Å². The van der Waals surface area contributed by atoms with Gasteiger partial charge in [0, 0.05) is 0 Å². The summed E-state index contributed by atoms with van der Waals surface area (Å²) in [6.45, 7) is 7.18. The molecule has 1 rings (SSSR count). The van der Waals surface area contributed by atoms with Crippen LogP contribution < -0.4 is 31.7 Å². The summed E-state index contributed by atoms with van der Waals surface area (Å²) in [5.74, 6) is 0. The summed E-state index contributed by atoms with van der Waals surface area (Å²) >= 11 is 0. The van der Waals surface area contributed by atoms with Crippen molar-refractivity contribution in [2.24, 2.45) is 0 Å². The van der Waals surface area contributed by atoms with Gasteiger partial charge in [0.1, 0.15) is 0 Å². The third-order valence-corrected chi connectivity index (χ3v) is 5.01. The number of rotatable bonds is 4. The summed E-state index contributed by atoms with van der Waals surface area (Å²) in [5.41, 5.74) is 0. The maximum Gasteiger partial charge on any atom is 0.194 e. The minimum Gasteiger partial charge on any atom is -0.269 e. The Kier molecular flexibility index (Phi) is 4.71. The largest absolute Gasteiger partial charge is 0.269 e. The van der Waals surface area contributed by atoms with Gasteiger partial charge in [-0.15, -0.1) is 0 Å². The van der Waals surface area contributed by atoms with E-state index in [4.69, 9.17) is 0 Å². The van der Waals surface area contributed by atoms with Crippen LogP contribution in [0.4, 0.5) is 0 Å². The zero-order chi connectivity index (χ0) is 12.3. The second-order valence-electron chi connectivity index (χ2n) is 2.72. The first-order chi connectivity index (χ1) is 7.62. The van der Waals surface area contributed by atoms with E-state index >= 15 is 0 Å². The van der Waals surface area contributed by atoms with Crippen LogP contribution in [0.2, 0.25) is 0 Å². The van der Waals surface area contributed by atoms with Gasteiger partial charge in [-0.25, -0.2) is 0 Å². The van der Waals surface area contributed by atoms with Crippen molar-refractivity contribution in [2.45, 2.75) is 0 Å². The van der Waals surface area contributed by atoms with Gasteiger partial charge >= 0.3 is 0 Å². The fraction of sp³-hybridized carbons (Fsp3) is 0. The van der Waals surface area contributed by atoms with Crippen molar-refractivity contribution >= 4 is 68.2 Å². The molecule has 0 saturated carbocycles. The van der Waals surface area contributed by atoms with Crippen LogP contribution in [0.3, 0.4) is 0 Å². The van der Waals surface area contributed by atoms with E-state index in [1.165, 1.54) is 0 Å². The molecule has 0 aromatic heterocycles. The van der Waals surface area contributed by atoms with Crippen molar-refractivity contribution in [3.8, 4) is 0 Å². The molecule has 0 unspecified atom stereocenters. The van der Waals surface area contributed by atoms with E-state index in [0.29, 0.717) is 0 Å². The van der Waals surface area contributed by atoms with Crippen LogP contribution in [-0.2, 0) is 18.3 Å². The average Bonchev–Trinajstić information content (AvgIpc) is 2.30. The van der Waals surface area contributed by atoms with E-state index in [1.54, 1.807) is 0 Å². The SMILES string of the molecule is C=c1c(P=O)c(P=O)c(=C)c(P=O)c1P=O. The molecule has 0 heterocycles.